The SMILES string of the molecule is Cc1cccc(C#CCCN2CC=C(c3ccccc3)CC2)c1. The van der Waals surface area contributed by atoms with Crippen molar-refractivity contribution in [3.8, 4) is 11.8 Å². The fourth-order valence-corrected chi connectivity index (χ4v) is 2.93. The third-order valence-electron chi connectivity index (χ3n) is 4.24. The molecule has 3 rings (SSSR count). The van der Waals surface area contributed by atoms with E-state index in [4.69, 9.17) is 0 Å². The summed E-state index contributed by atoms with van der Waals surface area (Å²) in [6.45, 7) is 5.33. The predicted molar refractivity (Wildman–Crippen MR) is 98.2 cm³/mol. The van der Waals surface area contributed by atoms with E-state index < -0.39 is 0 Å². The zero-order chi connectivity index (χ0) is 15.9. The summed E-state index contributed by atoms with van der Waals surface area (Å²) in [7, 11) is 0. The van der Waals surface area contributed by atoms with Crippen molar-refractivity contribution in [3.05, 3.63) is 77.4 Å². The molecule has 1 aliphatic heterocycles. The highest BCUT2D eigenvalue weighted by atomic mass is 15.1. The van der Waals surface area contributed by atoms with Gasteiger partial charge in [-0.3, -0.25) is 4.90 Å². The summed E-state index contributed by atoms with van der Waals surface area (Å²) in [6.07, 6.45) is 4.44. The zero-order valence-electron chi connectivity index (χ0n) is 13.8. The molecular formula is C22H23N. The molecule has 0 spiro atoms. The van der Waals surface area contributed by atoms with E-state index in [1.54, 1.807) is 0 Å². The lowest BCUT2D eigenvalue weighted by Crippen LogP contribution is -2.29. The van der Waals surface area contributed by atoms with Crippen LogP contribution in [0, 0.1) is 18.8 Å². The van der Waals surface area contributed by atoms with E-state index in [0.29, 0.717) is 0 Å². The van der Waals surface area contributed by atoms with Crippen molar-refractivity contribution in [1.29, 1.82) is 0 Å². The van der Waals surface area contributed by atoms with Crippen LogP contribution in [0.5, 0.6) is 0 Å². The van der Waals surface area contributed by atoms with Crippen molar-refractivity contribution in [1.82, 2.24) is 4.90 Å². The minimum Gasteiger partial charge on any atom is -0.298 e. The highest BCUT2D eigenvalue weighted by molar-refractivity contribution is 5.66. The molecule has 1 aliphatic rings. The first kappa shape index (κ1) is 15.6. The minimum atomic E-state index is 0.933. The molecule has 1 heterocycles. The summed E-state index contributed by atoms with van der Waals surface area (Å²) < 4.78 is 0. The van der Waals surface area contributed by atoms with Crippen molar-refractivity contribution >= 4 is 5.57 Å². The summed E-state index contributed by atoms with van der Waals surface area (Å²) in [5, 5.41) is 0. The first-order chi connectivity index (χ1) is 11.3. The maximum absolute atomic E-state index is 3.31. The lowest BCUT2D eigenvalue weighted by Gasteiger charge is -2.25. The van der Waals surface area contributed by atoms with Crippen LogP contribution in [0.15, 0.2) is 60.7 Å². The van der Waals surface area contributed by atoms with Gasteiger partial charge in [-0.2, -0.15) is 0 Å². The molecule has 0 bridgehead atoms. The number of benzene rings is 2. The number of nitrogens with zero attached hydrogens (tertiary/aromatic N) is 1. The molecule has 0 radical (unpaired) electrons. The molecule has 1 nitrogen and oxygen atoms in total. The van der Waals surface area contributed by atoms with Gasteiger partial charge in [-0.05, 0) is 42.2 Å². The molecule has 0 aromatic heterocycles. The molecule has 0 unspecified atom stereocenters. The minimum absolute atomic E-state index is 0.933. The molecule has 1 heteroatoms. The van der Waals surface area contributed by atoms with Crippen LogP contribution < -0.4 is 0 Å². The molecule has 116 valence electrons. The monoisotopic (exact) mass is 301 g/mol. The van der Waals surface area contributed by atoms with Gasteiger partial charge in [0.1, 0.15) is 0 Å². The van der Waals surface area contributed by atoms with E-state index in [1.807, 2.05) is 0 Å². The number of aryl methyl sites for hydroxylation is 1. The van der Waals surface area contributed by atoms with Crippen LogP contribution >= 0.6 is 0 Å². The molecule has 0 aliphatic carbocycles. The van der Waals surface area contributed by atoms with Gasteiger partial charge < -0.3 is 0 Å². The van der Waals surface area contributed by atoms with Gasteiger partial charge in [-0.1, -0.05) is 60.4 Å². The first-order valence-corrected chi connectivity index (χ1v) is 8.33. The van der Waals surface area contributed by atoms with E-state index in [2.05, 4.69) is 84.3 Å². The highest BCUT2D eigenvalue weighted by Crippen LogP contribution is 2.21. The number of rotatable bonds is 3. The van der Waals surface area contributed by atoms with Crippen LogP contribution in [0.2, 0.25) is 0 Å². The smallest absolute Gasteiger partial charge is 0.0247 e. The molecule has 2 aromatic carbocycles. The van der Waals surface area contributed by atoms with Crippen molar-refractivity contribution in [2.75, 3.05) is 19.6 Å². The van der Waals surface area contributed by atoms with Crippen LogP contribution in [-0.4, -0.2) is 24.5 Å². The van der Waals surface area contributed by atoms with Crippen molar-refractivity contribution in [3.63, 3.8) is 0 Å². The predicted octanol–water partition coefficient (Wildman–Crippen LogP) is 4.53. The molecular weight excluding hydrogens is 278 g/mol. The van der Waals surface area contributed by atoms with Gasteiger partial charge in [0.25, 0.3) is 0 Å². The quantitative estimate of drug-likeness (QED) is 0.753. The van der Waals surface area contributed by atoms with Gasteiger partial charge in [-0.25, -0.2) is 0 Å². The molecule has 0 amide bonds. The molecule has 0 fully saturated rings. The van der Waals surface area contributed by atoms with E-state index in [-0.39, 0.29) is 0 Å². The van der Waals surface area contributed by atoms with Crippen molar-refractivity contribution < 1.29 is 0 Å². The molecule has 0 N–H and O–H groups in total. The summed E-state index contributed by atoms with van der Waals surface area (Å²) in [5.41, 5.74) is 5.24. The average Bonchev–Trinajstić information content (AvgIpc) is 2.60. The lowest BCUT2D eigenvalue weighted by molar-refractivity contribution is 0.309. The second-order valence-electron chi connectivity index (χ2n) is 6.07. The number of hydrogen-bond acceptors (Lipinski definition) is 1. The molecule has 23 heavy (non-hydrogen) atoms. The second kappa shape index (κ2) is 7.81. The largest absolute Gasteiger partial charge is 0.298 e. The fraction of sp³-hybridized carbons (Fsp3) is 0.273. The molecule has 0 saturated carbocycles. The van der Waals surface area contributed by atoms with Crippen LogP contribution in [0.25, 0.3) is 5.57 Å². The zero-order valence-corrected chi connectivity index (χ0v) is 13.8. The topological polar surface area (TPSA) is 3.24 Å². The maximum atomic E-state index is 3.31. The van der Waals surface area contributed by atoms with E-state index >= 15 is 0 Å². The van der Waals surface area contributed by atoms with Crippen LogP contribution in [0.3, 0.4) is 0 Å². The summed E-state index contributed by atoms with van der Waals surface area (Å²) in [4.78, 5) is 2.48. The van der Waals surface area contributed by atoms with Crippen molar-refractivity contribution in [2.45, 2.75) is 19.8 Å². The molecule has 2 aromatic rings. The molecule has 0 atom stereocenters. The second-order valence-corrected chi connectivity index (χ2v) is 6.07. The summed E-state index contributed by atoms with van der Waals surface area (Å²) in [5.74, 6) is 6.57. The van der Waals surface area contributed by atoms with Crippen LogP contribution in [-0.2, 0) is 0 Å². The van der Waals surface area contributed by atoms with Gasteiger partial charge in [0.05, 0.1) is 0 Å². The highest BCUT2D eigenvalue weighted by Gasteiger charge is 2.11. The van der Waals surface area contributed by atoms with Gasteiger partial charge >= 0.3 is 0 Å². The van der Waals surface area contributed by atoms with Crippen LogP contribution in [0.1, 0.15) is 29.5 Å². The number of hydrogen-bond donors (Lipinski definition) is 0. The first-order valence-electron chi connectivity index (χ1n) is 8.33. The van der Waals surface area contributed by atoms with Gasteiger partial charge in [0, 0.05) is 31.6 Å². The maximum Gasteiger partial charge on any atom is 0.0247 e. The van der Waals surface area contributed by atoms with E-state index in [1.165, 1.54) is 16.7 Å². The lowest BCUT2D eigenvalue weighted by atomic mass is 9.99. The van der Waals surface area contributed by atoms with Gasteiger partial charge in [0.2, 0.25) is 0 Å². The molecule has 0 saturated heterocycles. The Hall–Kier alpha value is -2.30. The van der Waals surface area contributed by atoms with Gasteiger partial charge in [0.15, 0.2) is 0 Å². The standard InChI is InChI=1S/C22H23N/c1-19-8-7-10-20(18-19)9-5-6-15-23-16-13-22(14-17-23)21-11-3-2-4-12-21/h2-4,7-8,10-13,18H,6,14-17H2,1H3. The van der Waals surface area contributed by atoms with Gasteiger partial charge in [-0.15, -0.1) is 0 Å². The Labute approximate surface area is 139 Å². The van der Waals surface area contributed by atoms with E-state index in [9.17, 15) is 0 Å². The Kier molecular flexibility index (Phi) is 5.29. The Morgan fingerprint density at radius 1 is 1.04 bits per heavy atom. The third-order valence-corrected chi connectivity index (χ3v) is 4.24. The third kappa shape index (κ3) is 4.58. The van der Waals surface area contributed by atoms with E-state index in [0.717, 1.165) is 38.0 Å². The normalized spacial score (nSPS) is 14.7. The Morgan fingerprint density at radius 3 is 2.65 bits per heavy atom. The fourth-order valence-electron chi connectivity index (χ4n) is 2.93. The Balaban J connectivity index is 1.49. The van der Waals surface area contributed by atoms with Crippen LogP contribution in [0.4, 0.5) is 0 Å². The Bertz CT molecular complexity index is 731. The Morgan fingerprint density at radius 2 is 1.91 bits per heavy atom. The summed E-state index contributed by atoms with van der Waals surface area (Å²) >= 11 is 0. The average molecular weight is 301 g/mol. The summed E-state index contributed by atoms with van der Waals surface area (Å²) in [6, 6.07) is 19.1. The van der Waals surface area contributed by atoms with Crippen molar-refractivity contribution in [2.24, 2.45) is 0 Å².